The van der Waals surface area contributed by atoms with Crippen molar-refractivity contribution in [1.82, 2.24) is 5.32 Å². The van der Waals surface area contributed by atoms with Crippen molar-refractivity contribution in [2.45, 2.75) is 283 Å². The van der Waals surface area contributed by atoms with Gasteiger partial charge in [-0.3, -0.25) is 13.8 Å². The maximum atomic E-state index is 13.0. The lowest BCUT2D eigenvalue weighted by Crippen LogP contribution is -2.45. The average molecular weight is 979 g/mol. The van der Waals surface area contributed by atoms with Crippen molar-refractivity contribution in [1.29, 1.82) is 0 Å². The van der Waals surface area contributed by atoms with E-state index < -0.39 is 20.0 Å². The normalized spacial score (nSPS) is 14.3. The van der Waals surface area contributed by atoms with Gasteiger partial charge in [-0.05, 0) is 57.8 Å². The van der Waals surface area contributed by atoms with Crippen molar-refractivity contribution in [3.8, 4) is 0 Å². The number of allylic oxidation sites excluding steroid dienone is 7. The number of phosphoric acid groups is 1. The summed E-state index contributed by atoms with van der Waals surface area (Å²) in [6.07, 6.45) is 66.3. The molecule has 0 aromatic heterocycles. The van der Waals surface area contributed by atoms with E-state index in [9.17, 15) is 19.4 Å². The van der Waals surface area contributed by atoms with Crippen LogP contribution in [0.2, 0.25) is 0 Å². The van der Waals surface area contributed by atoms with Crippen LogP contribution in [0.15, 0.2) is 48.6 Å². The Hall–Kier alpha value is -1.54. The van der Waals surface area contributed by atoms with Gasteiger partial charge in [-0.2, -0.15) is 0 Å². The van der Waals surface area contributed by atoms with Crippen molar-refractivity contribution < 1.29 is 32.9 Å². The molecule has 0 aromatic rings. The van der Waals surface area contributed by atoms with Crippen LogP contribution in [-0.2, 0) is 18.4 Å². The molecule has 0 heterocycles. The van der Waals surface area contributed by atoms with Crippen molar-refractivity contribution in [3.05, 3.63) is 48.6 Å². The van der Waals surface area contributed by atoms with Crippen molar-refractivity contribution in [3.63, 3.8) is 0 Å². The Morgan fingerprint density at radius 1 is 0.500 bits per heavy atom. The fourth-order valence-corrected chi connectivity index (χ4v) is 9.20. The number of nitrogens with zero attached hydrogens (tertiary/aromatic N) is 1. The van der Waals surface area contributed by atoms with Crippen molar-refractivity contribution in [2.24, 2.45) is 0 Å². The molecule has 1 amide bonds. The Morgan fingerprint density at radius 3 is 1.22 bits per heavy atom. The molecule has 400 valence electrons. The molecular formula is C59H114N2O6P+. The molecule has 0 fully saturated rings. The zero-order valence-corrected chi connectivity index (χ0v) is 46.5. The first-order valence-corrected chi connectivity index (χ1v) is 30.5. The number of carbonyl (C=O) groups is 1. The highest BCUT2D eigenvalue weighted by Gasteiger charge is 2.27. The molecule has 3 atom stereocenters. The van der Waals surface area contributed by atoms with E-state index in [0.717, 1.165) is 57.8 Å². The topological polar surface area (TPSA) is 105 Å². The summed E-state index contributed by atoms with van der Waals surface area (Å²) in [6, 6.07) is -0.853. The molecule has 0 aliphatic carbocycles. The highest BCUT2D eigenvalue weighted by atomic mass is 31.2. The fraction of sp³-hybridized carbons (Fsp3) is 0.847. The third-order valence-corrected chi connectivity index (χ3v) is 14.0. The van der Waals surface area contributed by atoms with Crippen LogP contribution in [0.3, 0.4) is 0 Å². The molecule has 3 N–H and O–H groups in total. The van der Waals surface area contributed by atoms with Gasteiger partial charge in [0, 0.05) is 6.42 Å². The number of hydrogen-bond acceptors (Lipinski definition) is 5. The van der Waals surface area contributed by atoms with Gasteiger partial charge < -0.3 is 19.8 Å². The summed E-state index contributed by atoms with van der Waals surface area (Å²) in [4.78, 5) is 23.3. The molecular weight excluding hydrogens is 864 g/mol. The second kappa shape index (κ2) is 50.4. The van der Waals surface area contributed by atoms with Gasteiger partial charge in [0.15, 0.2) is 0 Å². The zero-order chi connectivity index (χ0) is 49.9. The lowest BCUT2D eigenvalue weighted by Gasteiger charge is -2.25. The quantitative estimate of drug-likeness (QED) is 0.0243. The van der Waals surface area contributed by atoms with E-state index in [1.165, 1.54) is 193 Å². The van der Waals surface area contributed by atoms with Gasteiger partial charge in [0.1, 0.15) is 13.2 Å². The molecule has 0 aliphatic heterocycles. The number of phosphoric ester groups is 1. The molecule has 0 saturated heterocycles. The van der Waals surface area contributed by atoms with E-state index in [-0.39, 0.29) is 19.1 Å². The second-order valence-corrected chi connectivity index (χ2v) is 22.5. The minimum atomic E-state index is -4.35. The van der Waals surface area contributed by atoms with Crippen LogP contribution in [0.4, 0.5) is 0 Å². The predicted octanol–water partition coefficient (Wildman–Crippen LogP) is 17.5. The Kier molecular flexibility index (Phi) is 49.3. The van der Waals surface area contributed by atoms with Gasteiger partial charge in [-0.15, -0.1) is 0 Å². The van der Waals surface area contributed by atoms with E-state index in [0.29, 0.717) is 17.4 Å². The minimum Gasteiger partial charge on any atom is -0.387 e. The zero-order valence-electron chi connectivity index (χ0n) is 45.6. The molecule has 9 heteroatoms. The molecule has 0 aromatic carbocycles. The van der Waals surface area contributed by atoms with Gasteiger partial charge >= 0.3 is 7.82 Å². The molecule has 8 nitrogen and oxygen atoms in total. The number of nitrogens with one attached hydrogen (secondary N) is 1. The van der Waals surface area contributed by atoms with Crippen LogP contribution in [-0.4, -0.2) is 73.4 Å². The summed E-state index contributed by atoms with van der Waals surface area (Å²) in [7, 11) is 1.57. The molecule has 0 rings (SSSR count). The number of likely N-dealkylation sites (N-methyl/N-ethyl adjacent to an activating group) is 1. The molecule has 0 saturated carbocycles. The lowest BCUT2D eigenvalue weighted by molar-refractivity contribution is -0.870. The van der Waals surface area contributed by atoms with E-state index in [1.54, 1.807) is 6.08 Å². The number of rotatable bonds is 53. The Bertz CT molecular complexity index is 1250. The first-order valence-electron chi connectivity index (χ1n) is 29.0. The number of quaternary nitrogens is 1. The summed E-state index contributed by atoms with van der Waals surface area (Å²) in [6.45, 7) is 4.83. The monoisotopic (exact) mass is 978 g/mol. The van der Waals surface area contributed by atoms with Crippen molar-refractivity contribution >= 4 is 13.7 Å². The minimum absolute atomic E-state index is 0.0591. The highest BCUT2D eigenvalue weighted by Crippen LogP contribution is 2.43. The van der Waals surface area contributed by atoms with Gasteiger partial charge in [0.25, 0.3) is 0 Å². The number of aliphatic hydroxyl groups excluding tert-OH is 1. The predicted molar refractivity (Wildman–Crippen MR) is 295 cm³/mol. The fourth-order valence-electron chi connectivity index (χ4n) is 8.46. The van der Waals surface area contributed by atoms with Crippen LogP contribution in [0.25, 0.3) is 0 Å². The van der Waals surface area contributed by atoms with Crippen LogP contribution >= 0.6 is 7.82 Å². The summed E-state index contributed by atoms with van der Waals surface area (Å²) in [5.41, 5.74) is 0. The number of amides is 1. The van der Waals surface area contributed by atoms with Crippen LogP contribution < -0.4 is 5.32 Å². The number of carbonyl (C=O) groups excluding carboxylic acids is 1. The Morgan fingerprint density at radius 2 is 0.838 bits per heavy atom. The molecule has 0 radical (unpaired) electrons. The average Bonchev–Trinajstić information content (AvgIpc) is 3.30. The van der Waals surface area contributed by atoms with Crippen molar-refractivity contribution in [2.75, 3.05) is 40.9 Å². The van der Waals surface area contributed by atoms with Gasteiger partial charge in [0.2, 0.25) is 5.91 Å². The molecule has 0 bridgehead atoms. The first-order chi connectivity index (χ1) is 33.0. The van der Waals surface area contributed by atoms with E-state index in [4.69, 9.17) is 9.05 Å². The number of unbranched alkanes of at least 4 members (excludes halogenated alkanes) is 34. The summed E-state index contributed by atoms with van der Waals surface area (Å²) >= 11 is 0. The standard InChI is InChI=1S/C59H113N2O6P/c1-6-8-10-12-14-16-18-20-22-24-26-28-30-32-34-36-38-40-42-44-46-48-50-52-58(62)57(56-67-68(64,65)66-55-54-61(3,4)5)60-59(63)53-51-49-47-45-43-41-39-37-35-33-31-29-27-25-23-21-19-17-15-13-11-9-7-2/h19,21,25,27,31,33,50,52,57-58,62H,6-18,20,22-24,26,28-30,32,34-49,51,53-56H2,1-5H3,(H-,60,63,64,65)/p+1/b21-19-,27-25-,33-31-,52-50+. The van der Waals surface area contributed by atoms with Crippen LogP contribution in [0, 0.1) is 0 Å². The first kappa shape index (κ1) is 66.5. The largest absolute Gasteiger partial charge is 0.472 e. The van der Waals surface area contributed by atoms with E-state index >= 15 is 0 Å². The van der Waals surface area contributed by atoms with Gasteiger partial charge in [-0.1, -0.05) is 255 Å². The maximum Gasteiger partial charge on any atom is 0.472 e. The summed E-state index contributed by atoms with van der Waals surface area (Å²) in [5.74, 6) is -0.182. The molecule has 68 heavy (non-hydrogen) atoms. The molecule has 0 spiro atoms. The van der Waals surface area contributed by atoms with Crippen LogP contribution in [0.5, 0.6) is 0 Å². The van der Waals surface area contributed by atoms with Crippen LogP contribution in [0.1, 0.15) is 271 Å². The third-order valence-electron chi connectivity index (χ3n) is 13.0. The maximum absolute atomic E-state index is 13.0. The number of aliphatic hydroxyl groups is 1. The second-order valence-electron chi connectivity index (χ2n) is 21.0. The SMILES string of the molecule is CCCCCCC/C=C\C/C=C\C/C=C\CCCCCCCCCCC(=O)NC(COP(=O)(O)OCC[N+](C)(C)C)C(O)/C=C/CCCCCCCCCCCCCCCCCCCCCCC. The summed E-state index contributed by atoms with van der Waals surface area (Å²) < 4.78 is 23.7. The number of hydrogen-bond donors (Lipinski definition) is 3. The Balaban J connectivity index is 4.25. The molecule has 0 aliphatic rings. The van der Waals surface area contributed by atoms with E-state index in [1.807, 2.05) is 27.2 Å². The van der Waals surface area contributed by atoms with E-state index in [2.05, 4.69) is 55.6 Å². The van der Waals surface area contributed by atoms with Gasteiger partial charge in [0.05, 0.1) is 39.9 Å². The molecule has 3 unspecified atom stereocenters. The van der Waals surface area contributed by atoms with Gasteiger partial charge in [-0.25, -0.2) is 4.57 Å². The highest BCUT2D eigenvalue weighted by molar-refractivity contribution is 7.47. The third kappa shape index (κ3) is 52.3. The lowest BCUT2D eigenvalue weighted by atomic mass is 10.0. The summed E-state index contributed by atoms with van der Waals surface area (Å²) in [5, 5.41) is 13.9. The Labute approximate surface area is 422 Å². The smallest absolute Gasteiger partial charge is 0.387 e.